The minimum Gasteiger partial charge on any atom is -0.393 e. The van der Waals surface area contributed by atoms with Crippen LogP contribution >= 0.6 is 11.6 Å². The van der Waals surface area contributed by atoms with Gasteiger partial charge in [0.05, 0.1) is 11.7 Å². The van der Waals surface area contributed by atoms with Crippen molar-refractivity contribution in [1.82, 2.24) is 4.90 Å². The average molecular weight is 311 g/mol. The topological polar surface area (TPSA) is 52.6 Å². The summed E-state index contributed by atoms with van der Waals surface area (Å²) in [6.07, 6.45) is 1.46. The molecule has 0 saturated carbocycles. The summed E-state index contributed by atoms with van der Waals surface area (Å²) in [5, 5.41) is 13.5. The molecule has 116 valence electrons. The van der Waals surface area contributed by atoms with E-state index in [1.807, 2.05) is 6.07 Å². The van der Waals surface area contributed by atoms with Crippen LogP contribution in [-0.4, -0.2) is 41.7 Å². The van der Waals surface area contributed by atoms with Gasteiger partial charge in [-0.15, -0.1) is 0 Å². The molecule has 1 amide bonds. The lowest BCUT2D eigenvalue weighted by atomic mass is 10.0. The van der Waals surface area contributed by atoms with Crippen LogP contribution in [0.15, 0.2) is 18.2 Å². The smallest absolute Gasteiger partial charge is 0.256 e. The number of aliphatic hydroxyl groups is 1. The maximum Gasteiger partial charge on any atom is 0.256 e. The standard InChI is InChI=1S/C16H23ClN2O2/c1-3-7-18-15-5-4-13(17)9-14(15)16(21)19-8-6-12(10-19)11(2)20/h4-5,9,11-12,18,20H,3,6-8,10H2,1-2H3. The SMILES string of the molecule is CCCNc1ccc(Cl)cc1C(=O)N1CCC(C(C)O)C1. The number of halogens is 1. The Morgan fingerprint density at radius 1 is 1.57 bits per heavy atom. The molecule has 4 nitrogen and oxygen atoms in total. The van der Waals surface area contributed by atoms with Crippen molar-refractivity contribution < 1.29 is 9.90 Å². The van der Waals surface area contributed by atoms with Gasteiger partial charge in [0.1, 0.15) is 0 Å². The third kappa shape index (κ3) is 3.89. The first-order valence-corrected chi connectivity index (χ1v) is 7.91. The molecule has 1 aliphatic rings. The molecule has 21 heavy (non-hydrogen) atoms. The third-order valence-corrected chi connectivity index (χ3v) is 4.21. The normalized spacial score (nSPS) is 19.6. The highest BCUT2D eigenvalue weighted by atomic mass is 35.5. The van der Waals surface area contributed by atoms with Crippen LogP contribution < -0.4 is 5.32 Å². The van der Waals surface area contributed by atoms with Gasteiger partial charge in [0.2, 0.25) is 0 Å². The zero-order valence-corrected chi connectivity index (χ0v) is 13.4. The molecule has 1 aromatic rings. The number of rotatable bonds is 5. The summed E-state index contributed by atoms with van der Waals surface area (Å²) >= 11 is 6.04. The van der Waals surface area contributed by atoms with Crippen molar-refractivity contribution in [2.45, 2.75) is 32.8 Å². The largest absolute Gasteiger partial charge is 0.393 e. The van der Waals surface area contributed by atoms with Gasteiger partial charge in [-0.25, -0.2) is 0 Å². The van der Waals surface area contributed by atoms with Gasteiger partial charge in [0, 0.05) is 36.3 Å². The van der Waals surface area contributed by atoms with Crippen LogP contribution in [0.3, 0.4) is 0 Å². The Kier molecular flexibility index (Phi) is 5.48. The number of nitrogens with one attached hydrogen (secondary N) is 1. The van der Waals surface area contributed by atoms with Crippen molar-refractivity contribution in [2.75, 3.05) is 25.0 Å². The molecule has 1 heterocycles. The lowest BCUT2D eigenvalue weighted by molar-refractivity contribution is 0.0763. The molecule has 0 bridgehead atoms. The van der Waals surface area contributed by atoms with E-state index in [0.717, 1.165) is 25.1 Å². The lowest BCUT2D eigenvalue weighted by Gasteiger charge is -2.20. The number of anilines is 1. The number of nitrogens with zero attached hydrogens (tertiary/aromatic N) is 1. The van der Waals surface area contributed by atoms with Gasteiger partial charge >= 0.3 is 0 Å². The fourth-order valence-electron chi connectivity index (χ4n) is 2.64. The molecule has 2 N–H and O–H groups in total. The average Bonchev–Trinajstić information content (AvgIpc) is 2.95. The summed E-state index contributed by atoms with van der Waals surface area (Å²) in [5.74, 6) is 0.152. The quantitative estimate of drug-likeness (QED) is 0.879. The Labute approximate surface area is 131 Å². The van der Waals surface area contributed by atoms with Crippen molar-refractivity contribution in [3.05, 3.63) is 28.8 Å². The van der Waals surface area contributed by atoms with E-state index in [0.29, 0.717) is 23.7 Å². The zero-order valence-electron chi connectivity index (χ0n) is 12.6. The van der Waals surface area contributed by atoms with Crippen molar-refractivity contribution in [3.8, 4) is 0 Å². The Bertz CT molecular complexity index is 505. The van der Waals surface area contributed by atoms with Crippen LogP contribution in [0.25, 0.3) is 0 Å². The second kappa shape index (κ2) is 7.14. The fourth-order valence-corrected chi connectivity index (χ4v) is 2.82. The van der Waals surface area contributed by atoms with Crippen LogP contribution in [0.2, 0.25) is 5.02 Å². The molecule has 5 heteroatoms. The molecule has 0 radical (unpaired) electrons. The molecule has 0 aromatic heterocycles. The van der Waals surface area contributed by atoms with Gasteiger partial charge in [-0.3, -0.25) is 4.79 Å². The van der Waals surface area contributed by atoms with Crippen molar-refractivity contribution in [1.29, 1.82) is 0 Å². The summed E-state index contributed by atoms with van der Waals surface area (Å²) in [6.45, 7) is 5.98. The van der Waals surface area contributed by atoms with Gasteiger partial charge in [-0.1, -0.05) is 18.5 Å². The number of hydrogen-bond acceptors (Lipinski definition) is 3. The molecule has 1 saturated heterocycles. The van der Waals surface area contributed by atoms with Crippen LogP contribution in [0.4, 0.5) is 5.69 Å². The second-order valence-corrected chi connectivity index (χ2v) is 6.09. The predicted molar refractivity (Wildman–Crippen MR) is 85.9 cm³/mol. The molecule has 1 fully saturated rings. The first-order chi connectivity index (χ1) is 10.0. The maximum atomic E-state index is 12.7. The first kappa shape index (κ1) is 16.1. The number of hydrogen-bond donors (Lipinski definition) is 2. The second-order valence-electron chi connectivity index (χ2n) is 5.66. The summed E-state index contributed by atoms with van der Waals surface area (Å²) in [5.41, 5.74) is 1.44. The van der Waals surface area contributed by atoms with Gasteiger partial charge in [0.15, 0.2) is 0 Å². The Hall–Kier alpha value is -1.26. The summed E-state index contributed by atoms with van der Waals surface area (Å²) < 4.78 is 0. The number of carbonyl (C=O) groups is 1. The fraction of sp³-hybridized carbons (Fsp3) is 0.562. The van der Waals surface area contributed by atoms with E-state index in [1.54, 1.807) is 24.0 Å². The van der Waals surface area contributed by atoms with Crippen LogP contribution in [0, 0.1) is 5.92 Å². The minimum atomic E-state index is -0.375. The molecule has 1 aromatic carbocycles. The van der Waals surface area contributed by atoms with Crippen LogP contribution in [0.1, 0.15) is 37.0 Å². The number of carbonyl (C=O) groups excluding carboxylic acids is 1. The molecule has 2 rings (SSSR count). The molecule has 0 aliphatic carbocycles. The number of aliphatic hydroxyl groups excluding tert-OH is 1. The molecule has 1 aliphatic heterocycles. The van der Waals surface area contributed by atoms with Gasteiger partial charge in [-0.2, -0.15) is 0 Å². The lowest BCUT2D eigenvalue weighted by Crippen LogP contribution is -2.31. The summed E-state index contributed by atoms with van der Waals surface area (Å²) in [4.78, 5) is 14.5. The van der Waals surface area contributed by atoms with E-state index in [9.17, 15) is 9.90 Å². The Balaban J connectivity index is 2.16. The summed E-state index contributed by atoms with van der Waals surface area (Å²) in [6, 6.07) is 5.37. The van der Waals surface area contributed by atoms with E-state index in [-0.39, 0.29) is 17.9 Å². The van der Waals surface area contributed by atoms with Gasteiger partial charge in [-0.05, 0) is 38.0 Å². The number of likely N-dealkylation sites (tertiary alicyclic amines) is 1. The Morgan fingerprint density at radius 3 is 2.95 bits per heavy atom. The summed E-state index contributed by atoms with van der Waals surface area (Å²) in [7, 11) is 0. The highest BCUT2D eigenvalue weighted by Crippen LogP contribution is 2.26. The Morgan fingerprint density at radius 2 is 2.33 bits per heavy atom. The number of benzene rings is 1. The molecular weight excluding hydrogens is 288 g/mol. The van der Waals surface area contributed by atoms with E-state index in [1.165, 1.54) is 0 Å². The first-order valence-electron chi connectivity index (χ1n) is 7.53. The zero-order chi connectivity index (χ0) is 15.4. The third-order valence-electron chi connectivity index (χ3n) is 3.97. The van der Waals surface area contributed by atoms with Crippen LogP contribution in [0.5, 0.6) is 0 Å². The van der Waals surface area contributed by atoms with E-state index in [2.05, 4.69) is 12.2 Å². The monoisotopic (exact) mass is 310 g/mol. The van der Waals surface area contributed by atoms with Crippen molar-refractivity contribution in [2.24, 2.45) is 5.92 Å². The van der Waals surface area contributed by atoms with E-state index in [4.69, 9.17) is 11.6 Å². The van der Waals surface area contributed by atoms with E-state index < -0.39 is 0 Å². The number of amides is 1. The highest BCUT2D eigenvalue weighted by molar-refractivity contribution is 6.31. The molecule has 2 atom stereocenters. The predicted octanol–water partition coefficient (Wildman–Crippen LogP) is 3.00. The van der Waals surface area contributed by atoms with Gasteiger partial charge in [0.25, 0.3) is 5.91 Å². The molecular formula is C16H23ClN2O2. The maximum absolute atomic E-state index is 12.7. The van der Waals surface area contributed by atoms with Crippen molar-refractivity contribution in [3.63, 3.8) is 0 Å². The highest BCUT2D eigenvalue weighted by Gasteiger charge is 2.30. The van der Waals surface area contributed by atoms with E-state index >= 15 is 0 Å². The molecule has 2 unspecified atom stereocenters. The minimum absolute atomic E-state index is 0.0146. The molecule has 0 spiro atoms. The van der Waals surface area contributed by atoms with Crippen LogP contribution in [-0.2, 0) is 0 Å². The van der Waals surface area contributed by atoms with Crippen molar-refractivity contribution >= 4 is 23.2 Å². The van der Waals surface area contributed by atoms with Gasteiger partial charge < -0.3 is 15.3 Å².